The number of aliphatic hydroxyl groups is 1. The minimum Gasteiger partial charge on any atom is -0.395 e. The molecule has 3 nitrogen and oxygen atoms in total. The molecule has 0 heterocycles. The number of hydrogen-bond acceptors (Lipinski definition) is 3. The Morgan fingerprint density at radius 2 is 1.95 bits per heavy atom. The lowest BCUT2D eigenvalue weighted by molar-refractivity contribution is 0.296. The largest absolute Gasteiger partial charge is 0.395 e. The first-order valence-corrected chi connectivity index (χ1v) is 7.76. The van der Waals surface area contributed by atoms with Gasteiger partial charge in [-0.25, -0.2) is 0 Å². The Kier molecular flexibility index (Phi) is 6.83. The van der Waals surface area contributed by atoms with Gasteiger partial charge >= 0.3 is 0 Å². The summed E-state index contributed by atoms with van der Waals surface area (Å²) in [6.45, 7) is 7.17. The van der Waals surface area contributed by atoms with Crippen molar-refractivity contribution in [1.29, 1.82) is 0 Å². The number of nitrogens with zero attached hydrogens (tertiary/aromatic N) is 1. The van der Waals surface area contributed by atoms with Crippen LogP contribution in [-0.4, -0.2) is 24.3 Å². The van der Waals surface area contributed by atoms with Crippen LogP contribution in [0.5, 0.6) is 0 Å². The predicted octanol–water partition coefficient (Wildman–Crippen LogP) is 3.46. The van der Waals surface area contributed by atoms with Crippen molar-refractivity contribution < 1.29 is 5.11 Å². The molecule has 0 aliphatic rings. The van der Waals surface area contributed by atoms with Crippen LogP contribution in [0.2, 0.25) is 0 Å². The zero-order chi connectivity index (χ0) is 14.4. The first-order valence-electron chi connectivity index (χ1n) is 6.97. The van der Waals surface area contributed by atoms with Crippen molar-refractivity contribution in [3.05, 3.63) is 28.2 Å². The van der Waals surface area contributed by atoms with E-state index in [9.17, 15) is 5.11 Å². The van der Waals surface area contributed by atoms with E-state index < -0.39 is 0 Å². The van der Waals surface area contributed by atoms with E-state index in [2.05, 4.69) is 52.9 Å². The molecule has 0 unspecified atom stereocenters. The van der Waals surface area contributed by atoms with Gasteiger partial charge in [-0.2, -0.15) is 0 Å². The van der Waals surface area contributed by atoms with E-state index in [4.69, 9.17) is 5.73 Å². The molecule has 0 radical (unpaired) electrons. The fourth-order valence-corrected chi connectivity index (χ4v) is 3.00. The molecule has 0 bridgehead atoms. The molecule has 1 aromatic carbocycles. The minimum absolute atomic E-state index is 0.0322. The van der Waals surface area contributed by atoms with Crippen molar-refractivity contribution in [2.24, 2.45) is 5.73 Å². The smallest absolute Gasteiger partial charge is 0.0606 e. The second-order valence-corrected chi connectivity index (χ2v) is 5.74. The average molecular weight is 329 g/mol. The molecule has 0 saturated carbocycles. The molecule has 1 rings (SSSR count). The molecule has 0 fully saturated rings. The molecule has 1 atom stereocenters. The normalized spacial score (nSPS) is 12.8. The third kappa shape index (κ3) is 4.20. The summed E-state index contributed by atoms with van der Waals surface area (Å²) in [5.41, 5.74) is 8.15. The maximum absolute atomic E-state index is 9.29. The number of aliphatic hydroxyl groups excluding tert-OH is 1. The first kappa shape index (κ1) is 16.5. The Bertz CT molecular complexity index is 392. The van der Waals surface area contributed by atoms with Crippen molar-refractivity contribution in [1.82, 2.24) is 0 Å². The summed E-state index contributed by atoms with van der Waals surface area (Å²) in [5.74, 6) is 0. The zero-order valence-electron chi connectivity index (χ0n) is 12.1. The first-order chi connectivity index (χ1) is 9.04. The Morgan fingerprint density at radius 1 is 1.32 bits per heavy atom. The lowest BCUT2D eigenvalue weighted by Crippen LogP contribution is -2.37. The van der Waals surface area contributed by atoms with Crippen LogP contribution in [0.4, 0.5) is 5.69 Å². The molecule has 4 heteroatoms. The summed E-state index contributed by atoms with van der Waals surface area (Å²) in [6, 6.07) is 6.72. The van der Waals surface area contributed by atoms with Crippen molar-refractivity contribution in [2.45, 2.75) is 45.7 Å². The second kappa shape index (κ2) is 7.88. The highest BCUT2D eigenvalue weighted by Gasteiger charge is 2.18. The minimum atomic E-state index is 0.0322. The summed E-state index contributed by atoms with van der Waals surface area (Å²) >= 11 is 3.63. The monoisotopic (exact) mass is 328 g/mol. The van der Waals surface area contributed by atoms with E-state index in [1.165, 1.54) is 0 Å². The van der Waals surface area contributed by atoms with Crippen molar-refractivity contribution in [3.63, 3.8) is 0 Å². The highest BCUT2D eigenvalue weighted by Crippen LogP contribution is 2.31. The number of benzene rings is 1. The average Bonchev–Trinajstić information content (AvgIpc) is 2.39. The van der Waals surface area contributed by atoms with Gasteiger partial charge in [0.25, 0.3) is 0 Å². The van der Waals surface area contributed by atoms with Crippen molar-refractivity contribution in [3.8, 4) is 0 Å². The Labute approximate surface area is 124 Å². The van der Waals surface area contributed by atoms with Crippen LogP contribution < -0.4 is 10.6 Å². The topological polar surface area (TPSA) is 49.5 Å². The fourth-order valence-electron chi connectivity index (χ4n) is 2.38. The molecule has 0 aliphatic carbocycles. The van der Waals surface area contributed by atoms with Gasteiger partial charge in [-0.1, -0.05) is 19.9 Å². The van der Waals surface area contributed by atoms with E-state index in [-0.39, 0.29) is 12.6 Å². The van der Waals surface area contributed by atoms with Gasteiger partial charge in [-0.15, -0.1) is 0 Å². The number of halogens is 1. The summed E-state index contributed by atoms with van der Waals surface area (Å²) in [6.07, 6.45) is 2.13. The summed E-state index contributed by atoms with van der Waals surface area (Å²) in [7, 11) is 0. The van der Waals surface area contributed by atoms with Gasteiger partial charge in [0.2, 0.25) is 0 Å². The van der Waals surface area contributed by atoms with Crippen LogP contribution in [0.3, 0.4) is 0 Å². The van der Waals surface area contributed by atoms with Gasteiger partial charge < -0.3 is 15.7 Å². The maximum atomic E-state index is 9.29. The molecular formula is C15H25BrN2O. The van der Waals surface area contributed by atoms with Crippen LogP contribution >= 0.6 is 15.9 Å². The van der Waals surface area contributed by atoms with Crippen molar-refractivity contribution >= 4 is 21.6 Å². The SMILES string of the molecule is CCC(CC)N(CCO)c1ccc([C@@H](C)N)cc1Br. The molecule has 0 spiro atoms. The number of hydrogen-bond donors (Lipinski definition) is 2. The molecule has 108 valence electrons. The van der Waals surface area contributed by atoms with Gasteiger partial charge in [0, 0.05) is 23.1 Å². The molecule has 0 aliphatic heterocycles. The summed E-state index contributed by atoms with van der Waals surface area (Å²) in [5, 5.41) is 9.29. The van der Waals surface area contributed by atoms with Crippen LogP contribution in [0.25, 0.3) is 0 Å². The fraction of sp³-hybridized carbons (Fsp3) is 0.600. The van der Waals surface area contributed by atoms with E-state index >= 15 is 0 Å². The van der Waals surface area contributed by atoms with Crippen LogP contribution in [0.1, 0.15) is 45.2 Å². The molecule has 0 aromatic heterocycles. The third-order valence-corrected chi connectivity index (χ3v) is 4.17. The van der Waals surface area contributed by atoms with Crippen molar-refractivity contribution in [2.75, 3.05) is 18.1 Å². The number of rotatable bonds is 7. The highest BCUT2D eigenvalue weighted by molar-refractivity contribution is 9.10. The lowest BCUT2D eigenvalue weighted by Gasteiger charge is -2.33. The molecule has 0 amide bonds. The van der Waals surface area contributed by atoms with E-state index in [0.29, 0.717) is 12.6 Å². The maximum Gasteiger partial charge on any atom is 0.0606 e. The Balaban J connectivity index is 3.08. The van der Waals surface area contributed by atoms with E-state index in [1.807, 2.05) is 6.92 Å². The van der Waals surface area contributed by atoms with Crippen LogP contribution in [-0.2, 0) is 0 Å². The molecule has 0 saturated heterocycles. The summed E-state index contributed by atoms with van der Waals surface area (Å²) in [4.78, 5) is 2.27. The van der Waals surface area contributed by atoms with Gasteiger partial charge in [0.1, 0.15) is 0 Å². The standard InChI is InChI=1S/C15H25BrN2O/c1-4-13(5-2)18(8-9-19)15-7-6-12(11(3)17)10-14(15)16/h6-7,10-11,13,19H,4-5,8-9,17H2,1-3H3/t11-/m1/s1. The number of nitrogens with two attached hydrogens (primary N) is 1. The zero-order valence-corrected chi connectivity index (χ0v) is 13.7. The molecule has 1 aromatic rings. The number of anilines is 1. The predicted molar refractivity (Wildman–Crippen MR) is 85.5 cm³/mol. The van der Waals surface area contributed by atoms with Crippen LogP contribution in [0, 0.1) is 0 Å². The highest BCUT2D eigenvalue weighted by atomic mass is 79.9. The molecule has 19 heavy (non-hydrogen) atoms. The van der Waals surface area contributed by atoms with Gasteiger partial charge in [-0.3, -0.25) is 0 Å². The Hall–Kier alpha value is -0.580. The van der Waals surface area contributed by atoms with Crippen LogP contribution in [0.15, 0.2) is 22.7 Å². The Morgan fingerprint density at radius 3 is 2.37 bits per heavy atom. The second-order valence-electron chi connectivity index (χ2n) is 4.89. The summed E-state index contributed by atoms with van der Waals surface area (Å²) < 4.78 is 1.04. The molecule has 3 N–H and O–H groups in total. The third-order valence-electron chi connectivity index (χ3n) is 3.53. The molecular weight excluding hydrogens is 304 g/mol. The van der Waals surface area contributed by atoms with Gasteiger partial charge in [0.05, 0.1) is 12.3 Å². The quantitative estimate of drug-likeness (QED) is 0.805. The van der Waals surface area contributed by atoms with E-state index in [1.54, 1.807) is 0 Å². The van der Waals surface area contributed by atoms with E-state index in [0.717, 1.165) is 28.6 Å². The van der Waals surface area contributed by atoms with Gasteiger partial charge in [-0.05, 0) is 53.4 Å². The van der Waals surface area contributed by atoms with Gasteiger partial charge in [0.15, 0.2) is 0 Å². The lowest BCUT2D eigenvalue weighted by atomic mass is 10.1.